The molecular formula is C18H11BrClFN2O2. The standard InChI is InChI=1S/C18H11BrClFN2O2/c19-13-3-1-2-12(8-13)18(24)23-22-10-14-5-7-17(25-14)11-4-6-16(21)15(20)9-11/h1-10H,(H,23,24). The van der Waals surface area contributed by atoms with Crippen LogP contribution < -0.4 is 5.43 Å². The first-order chi connectivity index (χ1) is 12.0. The molecule has 25 heavy (non-hydrogen) atoms. The zero-order valence-corrected chi connectivity index (χ0v) is 15.0. The summed E-state index contributed by atoms with van der Waals surface area (Å²) in [5, 5.41) is 3.89. The van der Waals surface area contributed by atoms with Gasteiger partial charge in [-0.05, 0) is 48.5 Å². The van der Waals surface area contributed by atoms with Gasteiger partial charge in [0.1, 0.15) is 17.3 Å². The molecule has 0 bridgehead atoms. The van der Waals surface area contributed by atoms with Crippen LogP contribution in [0.1, 0.15) is 16.1 Å². The van der Waals surface area contributed by atoms with Gasteiger partial charge in [-0.25, -0.2) is 9.82 Å². The Morgan fingerprint density at radius 3 is 2.80 bits per heavy atom. The molecule has 0 aliphatic heterocycles. The minimum atomic E-state index is -0.492. The Bertz CT molecular complexity index is 956. The zero-order chi connectivity index (χ0) is 17.8. The number of furan rings is 1. The van der Waals surface area contributed by atoms with Crippen molar-refractivity contribution in [1.29, 1.82) is 0 Å². The van der Waals surface area contributed by atoms with Gasteiger partial charge < -0.3 is 4.42 Å². The van der Waals surface area contributed by atoms with E-state index in [4.69, 9.17) is 16.0 Å². The lowest BCUT2D eigenvalue weighted by molar-refractivity contribution is 0.0955. The molecule has 1 aromatic heterocycles. The summed E-state index contributed by atoms with van der Waals surface area (Å²) in [5.74, 6) is 0.121. The predicted molar refractivity (Wildman–Crippen MR) is 98.3 cm³/mol. The summed E-state index contributed by atoms with van der Waals surface area (Å²) in [4.78, 5) is 12.0. The van der Waals surface area contributed by atoms with Crippen molar-refractivity contribution in [2.24, 2.45) is 5.10 Å². The fourth-order valence-corrected chi connectivity index (χ4v) is 2.66. The fourth-order valence-electron chi connectivity index (χ4n) is 2.08. The Kier molecular flexibility index (Phi) is 5.31. The first-order valence-corrected chi connectivity index (χ1v) is 8.34. The van der Waals surface area contributed by atoms with Gasteiger partial charge in [0, 0.05) is 15.6 Å². The van der Waals surface area contributed by atoms with Crippen LogP contribution in [0.3, 0.4) is 0 Å². The highest BCUT2D eigenvalue weighted by Crippen LogP contribution is 2.26. The van der Waals surface area contributed by atoms with Crippen molar-refractivity contribution in [2.45, 2.75) is 0 Å². The number of nitrogens with one attached hydrogen (secondary N) is 1. The SMILES string of the molecule is O=C(NN=Cc1ccc(-c2ccc(F)c(Cl)c2)o1)c1cccc(Br)c1. The van der Waals surface area contributed by atoms with Crippen LogP contribution in [0.4, 0.5) is 4.39 Å². The van der Waals surface area contributed by atoms with Crippen LogP contribution in [0.15, 0.2) is 68.6 Å². The Hall–Kier alpha value is -2.44. The van der Waals surface area contributed by atoms with Crippen LogP contribution in [-0.2, 0) is 0 Å². The molecular weight excluding hydrogens is 411 g/mol. The molecule has 3 aromatic rings. The first kappa shape index (κ1) is 17.4. The van der Waals surface area contributed by atoms with Crippen LogP contribution in [0, 0.1) is 5.82 Å². The van der Waals surface area contributed by atoms with E-state index in [1.54, 1.807) is 36.4 Å². The zero-order valence-electron chi connectivity index (χ0n) is 12.7. The molecule has 0 saturated carbocycles. The Labute approximate surface area is 156 Å². The molecule has 1 amide bonds. The summed E-state index contributed by atoms with van der Waals surface area (Å²) < 4.78 is 19.6. The molecule has 0 spiro atoms. The summed E-state index contributed by atoms with van der Waals surface area (Å²) in [5.41, 5.74) is 3.54. The quantitative estimate of drug-likeness (QED) is 0.461. The number of hydrogen-bond donors (Lipinski definition) is 1. The van der Waals surface area contributed by atoms with Crippen molar-refractivity contribution < 1.29 is 13.6 Å². The molecule has 0 fully saturated rings. The van der Waals surface area contributed by atoms with E-state index in [1.807, 2.05) is 6.07 Å². The van der Waals surface area contributed by atoms with Crippen molar-refractivity contribution in [2.75, 3.05) is 0 Å². The van der Waals surface area contributed by atoms with E-state index in [9.17, 15) is 9.18 Å². The molecule has 1 heterocycles. The van der Waals surface area contributed by atoms with Crippen molar-refractivity contribution >= 4 is 39.7 Å². The lowest BCUT2D eigenvalue weighted by atomic mass is 10.2. The molecule has 0 unspecified atom stereocenters. The maximum Gasteiger partial charge on any atom is 0.271 e. The molecule has 0 saturated heterocycles. The van der Waals surface area contributed by atoms with E-state index in [-0.39, 0.29) is 10.9 Å². The van der Waals surface area contributed by atoms with Crippen molar-refractivity contribution in [3.8, 4) is 11.3 Å². The van der Waals surface area contributed by atoms with Gasteiger partial charge in [0.25, 0.3) is 5.91 Å². The van der Waals surface area contributed by atoms with E-state index in [0.717, 1.165) is 4.47 Å². The van der Waals surface area contributed by atoms with Crippen LogP contribution in [0.5, 0.6) is 0 Å². The molecule has 126 valence electrons. The van der Waals surface area contributed by atoms with E-state index in [1.165, 1.54) is 18.3 Å². The van der Waals surface area contributed by atoms with Crippen molar-refractivity contribution in [3.63, 3.8) is 0 Å². The Morgan fingerprint density at radius 2 is 2.04 bits per heavy atom. The van der Waals surface area contributed by atoms with Crippen molar-refractivity contribution in [1.82, 2.24) is 5.43 Å². The number of carbonyl (C=O) groups is 1. The summed E-state index contributed by atoms with van der Waals surface area (Å²) >= 11 is 9.07. The monoisotopic (exact) mass is 420 g/mol. The molecule has 1 N–H and O–H groups in total. The largest absolute Gasteiger partial charge is 0.455 e. The highest BCUT2D eigenvalue weighted by molar-refractivity contribution is 9.10. The van der Waals surface area contributed by atoms with Crippen LogP contribution in [-0.4, -0.2) is 12.1 Å². The Morgan fingerprint density at radius 1 is 1.20 bits per heavy atom. The smallest absolute Gasteiger partial charge is 0.271 e. The van der Waals surface area contributed by atoms with Gasteiger partial charge >= 0.3 is 0 Å². The second-order valence-corrected chi connectivity index (χ2v) is 6.36. The minimum absolute atomic E-state index is 0.0189. The number of hydrogen-bond acceptors (Lipinski definition) is 3. The highest BCUT2D eigenvalue weighted by atomic mass is 79.9. The van der Waals surface area contributed by atoms with E-state index in [0.29, 0.717) is 22.6 Å². The third-order valence-corrected chi connectivity index (χ3v) is 4.06. The first-order valence-electron chi connectivity index (χ1n) is 7.17. The van der Waals surface area contributed by atoms with E-state index in [2.05, 4.69) is 26.5 Å². The number of nitrogens with zero attached hydrogens (tertiary/aromatic N) is 1. The molecule has 0 atom stereocenters. The van der Waals surface area contributed by atoms with Gasteiger partial charge in [-0.15, -0.1) is 0 Å². The molecule has 4 nitrogen and oxygen atoms in total. The number of hydrazone groups is 1. The summed E-state index contributed by atoms with van der Waals surface area (Å²) in [6, 6.07) is 14.7. The van der Waals surface area contributed by atoms with Gasteiger partial charge in [-0.2, -0.15) is 5.10 Å². The maximum absolute atomic E-state index is 13.2. The number of carbonyl (C=O) groups excluding carboxylic acids is 1. The summed E-state index contributed by atoms with van der Waals surface area (Å²) in [6.45, 7) is 0. The average molecular weight is 422 g/mol. The maximum atomic E-state index is 13.2. The third kappa shape index (κ3) is 4.35. The van der Waals surface area contributed by atoms with Crippen LogP contribution >= 0.6 is 27.5 Å². The minimum Gasteiger partial charge on any atom is -0.455 e. The van der Waals surface area contributed by atoms with Crippen LogP contribution in [0.25, 0.3) is 11.3 Å². The Balaban J connectivity index is 1.67. The van der Waals surface area contributed by atoms with E-state index < -0.39 is 5.82 Å². The molecule has 2 aromatic carbocycles. The number of benzene rings is 2. The highest BCUT2D eigenvalue weighted by Gasteiger charge is 2.07. The van der Waals surface area contributed by atoms with Gasteiger partial charge in [0.15, 0.2) is 0 Å². The molecule has 3 rings (SSSR count). The molecule has 0 aliphatic rings. The lowest BCUT2D eigenvalue weighted by Crippen LogP contribution is -2.17. The second-order valence-electron chi connectivity index (χ2n) is 5.04. The van der Waals surface area contributed by atoms with Gasteiger partial charge in [-0.3, -0.25) is 4.79 Å². The number of halogens is 3. The lowest BCUT2D eigenvalue weighted by Gasteiger charge is -2.00. The summed E-state index contributed by atoms with van der Waals surface area (Å²) in [6.07, 6.45) is 1.38. The summed E-state index contributed by atoms with van der Waals surface area (Å²) in [7, 11) is 0. The molecule has 0 aliphatic carbocycles. The molecule has 7 heteroatoms. The van der Waals surface area contributed by atoms with E-state index >= 15 is 0 Å². The average Bonchev–Trinajstić information content (AvgIpc) is 3.06. The van der Waals surface area contributed by atoms with Crippen molar-refractivity contribution in [3.05, 3.63) is 81.2 Å². The van der Waals surface area contributed by atoms with Gasteiger partial charge in [0.05, 0.1) is 11.2 Å². The third-order valence-electron chi connectivity index (χ3n) is 3.28. The molecule has 0 radical (unpaired) electrons. The topological polar surface area (TPSA) is 54.6 Å². The van der Waals surface area contributed by atoms with Gasteiger partial charge in [0.2, 0.25) is 0 Å². The van der Waals surface area contributed by atoms with Gasteiger partial charge in [-0.1, -0.05) is 33.6 Å². The number of rotatable bonds is 4. The normalized spacial score (nSPS) is 11.0. The number of amides is 1. The second kappa shape index (κ2) is 7.63. The fraction of sp³-hybridized carbons (Fsp3) is 0. The predicted octanol–water partition coefficient (Wildman–Crippen LogP) is 5.27. The van der Waals surface area contributed by atoms with Crippen LogP contribution in [0.2, 0.25) is 5.02 Å².